The molecule has 1 aliphatic rings. The van der Waals surface area contributed by atoms with E-state index in [-0.39, 0.29) is 24.5 Å². The number of hydrogen-bond acceptors (Lipinski definition) is 5. The highest BCUT2D eigenvalue weighted by Gasteiger charge is 2.33. The van der Waals surface area contributed by atoms with Gasteiger partial charge in [0, 0.05) is 45.2 Å². The molecule has 1 heterocycles. The zero-order valence-electron chi connectivity index (χ0n) is 15.9. The molecule has 0 spiro atoms. The predicted octanol–water partition coefficient (Wildman–Crippen LogP) is 3.20. The summed E-state index contributed by atoms with van der Waals surface area (Å²) in [6, 6.07) is 9.76. The summed E-state index contributed by atoms with van der Waals surface area (Å²) in [6.45, 7) is 0.589. The number of amides is 2. The average Bonchev–Trinajstić information content (AvgIpc) is 3.31. The second-order valence-electron chi connectivity index (χ2n) is 6.86. The predicted molar refractivity (Wildman–Crippen MR) is 108 cm³/mol. The van der Waals surface area contributed by atoms with Crippen LogP contribution < -0.4 is 10.2 Å². The number of ether oxygens (including phenoxy) is 1. The van der Waals surface area contributed by atoms with Crippen molar-refractivity contribution in [2.45, 2.75) is 25.4 Å². The van der Waals surface area contributed by atoms with Crippen LogP contribution in [0.2, 0.25) is 0 Å². The third kappa shape index (κ3) is 4.87. The summed E-state index contributed by atoms with van der Waals surface area (Å²) in [4.78, 5) is 29.4. The van der Waals surface area contributed by atoms with E-state index in [4.69, 9.17) is 4.74 Å². The van der Waals surface area contributed by atoms with Gasteiger partial charge in [0.05, 0.1) is 4.88 Å². The lowest BCUT2D eigenvalue weighted by Gasteiger charge is -2.26. The van der Waals surface area contributed by atoms with Gasteiger partial charge in [0.1, 0.15) is 6.61 Å². The second kappa shape index (κ2) is 8.54. The third-order valence-electron chi connectivity index (χ3n) is 4.48. The first kappa shape index (κ1) is 19.4. The van der Waals surface area contributed by atoms with Gasteiger partial charge in [-0.25, -0.2) is 0 Å². The van der Waals surface area contributed by atoms with Crippen molar-refractivity contribution < 1.29 is 14.3 Å². The normalized spacial score (nSPS) is 13.3. The summed E-state index contributed by atoms with van der Waals surface area (Å²) in [5.74, 6) is -0.124. The lowest BCUT2D eigenvalue weighted by atomic mass is 10.1. The molecule has 1 aliphatic carbocycles. The standard InChI is InChI=1S/C20H25N3O3S/c1-22(2)17-9-6-15(21-20(25)18-5-4-10-27-18)11-14(17)12-23(16-7-8-16)19(24)13-26-3/h4-6,9-11,16H,7-8,12-13H2,1-3H3,(H,21,25). The highest BCUT2D eigenvalue weighted by Crippen LogP contribution is 2.32. The van der Waals surface area contributed by atoms with Crippen LogP contribution in [-0.4, -0.2) is 50.6 Å². The van der Waals surface area contributed by atoms with Crippen molar-refractivity contribution in [3.63, 3.8) is 0 Å². The van der Waals surface area contributed by atoms with Crippen LogP contribution in [0, 0.1) is 0 Å². The Kier molecular flexibility index (Phi) is 6.13. The minimum atomic E-state index is -0.122. The van der Waals surface area contributed by atoms with Gasteiger partial charge in [-0.3, -0.25) is 9.59 Å². The Morgan fingerprint density at radius 1 is 1.26 bits per heavy atom. The molecule has 2 amide bonds. The van der Waals surface area contributed by atoms with Crippen LogP contribution in [0.3, 0.4) is 0 Å². The molecule has 1 N–H and O–H groups in total. The van der Waals surface area contributed by atoms with Gasteiger partial charge in [0.25, 0.3) is 5.91 Å². The number of hydrogen-bond donors (Lipinski definition) is 1. The Hall–Kier alpha value is -2.38. The van der Waals surface area contributed by atoms with Gasteiger partial charge in [0.2, 0.25) is 5.91 Å². The summed E-state index contributed by atoms with van der Waals surface area (Å²) >= 11 is 1.41. The summed E-state index contributed by atoms with van der Waals surface area (Å²) in [7, 11) is 5.48. The van der Waals surface area contributed by atoms with Gasteiger partial charge in [-0.15, -0.1) is 11.3 Å². The van der Waals surface area contributed by atoms with E-state index in [1.54, 1.807) is 6.07 Å². The molecule has 2 aromatic rings. The molecule has 1 saturated carbocycles. The third-order valence-corrected chi connectivity index (χ3v) is 5.35. The van der Waals surface area contributed by atoms with Crippen molar-refractivity contribution >= 4 is 34.5 Å². The van der Waals surface area contributed by atoms with Crippen LogP contribution in [0.5, 0.6) is 0 Å². The van der Waals surface area contributed by atoms with Crippen molar-refractivity contribution in [1.82, 2.24) is 4.90 Å². The molecule has 144 valence electrons. The van der Waals surface area contributed by atoms with Gasteiger partial charge in [0.15, 0.2) is 0 Å². The van der Waals surface area contributed by atoms with Crippen molar-refractivity contribution in [3.8, 4) is 0 Å². The zero-order valence-corrected chi connectivity index (χ0v) is 16.7. The minimum absolute atomic E-state index is 0.00210. The molecular formula is C20H25N3O3S. The highest BCUT2D eigenvalue weighted by atomic mass is 32.1. The highest BCUT2D eigenvalue weighted by molar-refractivity contribution is 7.12. The van der Waals surface area contributed by atoms with Crippen LogP contribution in [-0.2, 0) is 16.1 Å². The van der Waals surface area contributed by atoms with Crippen molar-refractivity contribution in [2.24, 2.45) is 0 Å². The fourth-order valence-corrected chi connectivity index (χ4v) is 3.64. The van der Waals surface area contributed by atoms with Gasteiger partial charge in [-0.2, -0.15) is 0 Å². The van der Waals surface area contributed by atoms with Crippen LogP contribution in [0.1, 0.15) is 28.1 Å². The van der Waals surface area contributed by atoms with Crippen LogP contribution in [0.4, 0.5) is 11.4 Å². The number of methoxy groups -OCH3 is 1. The zero-order chi connectivity index (χ0) is 19.4. The quantitative estimate of drug-likeness (QED) is 0.756. The number of thiophene rings is 1. The summed E-state index contributed by atoms with van der Waals surface area (Å²) in [5, 5.41) is 4.83. The fraction of sp³-hybridized carbons (Fsp3) is 0.400. The monoisotopic (exact) mass is 387 g/mol. The van der Waals surface area contributed by atoms with Crippen molar-refractivity contribution in [2.75, 3.05) is 38.0 Å². The second-order valence-corrected chi connectivity index (χ2v) is 7.80. The molecule has 7 heteroatoms. The van der Waals surface area contributed by atoms with Crippen LogP contribution >= 0.6 is 11.3 Å². The number of anilines is 2. The largest absolute Gasteiger partial charge is 0.377 e. The number of carbonyl (C=O) groups excluding carboxylic acids is 2. The first-order chi connectivity index (χ1) is 13.0. The Balaban J connectivity index is 1.83. The number of nitrogens with one attached hydrogen (secondary N) is 1. The molecule has 0 saturated heterocycles. The van der Waals surface area contributed by atoms with E-state index in [0.717, 1.165) is 29.8 Å². The van der Waals surface area contributed by atoms with E-state index < -0.39 is 0 Å². The minimum Gasteiger partial charge on any atom is -0.377 e. The summed E-state index contributed by atoms with van der Waals surface area (Å²) in [5.41, 5.74) is 2.75. The number of carbonyl (C=O) groups is 2. The first-order valence-electron chi connectivity index (χ1n) is 8.93. The first-order valence-corrected chi connectivity index (χ1v) is 9.81. The van der Waals surface area contributed by atoms with Gasteiger partial charge < -0.3 is 19.9 Å². The topological polar surface area (TPSA) is 61.9 Å². The lowest BCUT2D eigenvalue weighted by Crippen LogP contribution is -2.35. The molecule has 3 rings (SSSR count). The smallest absolute Gasteiger partial charge is 0.265 e. The van der Waals surface area contributed by atoms with Crippen LogP contribution in [0.15, 0.2) is 35.7 Å². The van der Waals surface area contributed by atoms with Gasteiger partial charge in [-0.05, 0) is 48.1 Å². The van der Waals surface area contributed by atoms with Gasteiger partial charge >= 0.3 is 0 Å². The molecule has 6 nitrogen and oxygen atoms in total. The van der Waals surface area contributed by atoms with E-state index in [1.165, 1.54) is 18.4 Å². The van der Waals surface area contributed by atoms with Crippen LogP contribution in [0.25, 0.3) is 0 Å². The molecular weight excluding hydrogens is 362 g/mol. The molecule has 0 radical (unpaired) electrons. The maximum atomic E-state index is 12.4. The SMILES string of the molecule is COCC(=O)N(Cc1cc(NC(=O)c2cccs2)ccc1N(C)C)C1CC1. The number of nitrogens with zero attached hydrogens (tertiary/aromatic N) is 2. The molecule has 0 aliphatic heterocycles. The molecule has 0 unspecified atom stereocenters. The van der Waals surface area contributed by atoms with Crippen molar-refractivity contribution in [3.05, 3.63) is 46.2 Å². The van der Waals surface area contributed by atoms with E-state index in [2.05, 4.69) is 5.32 Å². The van der Waals surface area contributed by atoms with Gasteiger partial charge in [-0.1, -0.05) is 6.07 Å². The average molecular weight is 388 g/mol. The Morgan fingerprint density at radius 3 is 2.63 bits per heavy atom. The Bertz CT molecular complexity index is 801. The fourth-order valence-electron chi connectivity index (χ4n) is 3.02. The molecule has 27 heavy (non-hydrogen) atoms. The number of rotatable bonds is 8. The Labute approximate surface area is 163 Å². The molecule has 1 aromatic heterocycles. The van der Waals surface area contributed by atoms with E-state index in [0.29, 0.717) is 11.4 Å². The van der Waals surface area contributed by atoms with E-state index in [1.807, 2.05) is 53.5 Å². The summed E-state index contributed by atoms with van der Waals surface area (Å²) < 4.78 is 5.04. The van der Waals surface area contributed by atoms with E-state index in [9.17, 15) is 9.59 Å². The number of benzene rings is 1. The van der Waals surface area contributed by atoms with E-state index >= 15 is 0 Å². The molecule has 1 aromatic carbocycles. The van der Waals surface area contributed by atoms with Crippen molar-refractivity contribution in [1.29, 1.82) is 0 Å². The maximum absolute atomic E-state index is 12.4. The maximum Gasteiger partial charge on any atom is 0.265 e. The Morgan fingerprint density at radius 2 is 2.04 bits per heavy atom. The molecule has 0 bridgehead atoms. The summed E-state index contributed by atoms with van der Waals surface area (Å²) in [6.07, 6.45) is 2.06. The molecule has 1 fully saturated rings. The molecule has 0 atom stereocenters. The lowest BCUT2D eigenvalue weighted by molar-refractivity contribution is -0.136.